The third-order valence-corrected chi connectivity index (χ3v) is 8.46. The predicted octanol–water partition coefficient (Wildman–Crippen LogP) is 9.15. The predicted molar refractivity (Wildman–Crippen MR) is 171 cm³/mol. The Labute approximate surface area is 274 Å². The van der Waals surface area contributed by atoms with E-state index in [4.69, 9.17) is 21.1 Å². The molecule has 0 bridgehead atoms. The molecule has 1 amide bonds. The number of benzene rings is 4. The molecule has 45 heavy (non-hydrogen) atoms. The minimum atomic E-state index is -4.61. The molecule has 0 fully saturated rings. The second-order valence-corrected chi connectivity index (χ2v) is 11.9. The number of alkyl halides is 3. The molecule has 0 spiro atoms. The lowest BCUT2D eigenvalue weighted by molar-refractivity contribution is -0.137. The van der Waals surface area contributed by atoms with Crippen molar-refractivity contribution in [1.82, 2.24) is 14.8 Å². The number of ether oxygens (including phenoxy) is 2. The molecule has 0 aliphatic heterocycles. The average Bonchev–Trinajstić information content (AvgIpc) is 3.43. The first-order chi connectivity index (χ1) is 21.6. The fourth-order valence-electron chi connectivity index (χ4n) is 4.27. The summed E-state index contributed by atoms with van der Waals surface area (Å²) in [6.45, 7) is 2.45. The van der Waals surface area contributed by atoms with Gasteiger partial charge in [-0.25, -0.2) is 0 Å². The summed E-state index contributed by atoms with van der Waals surface area (Å²) in [5, 5.41) is 10.7. The SMILES string of the molecule is CCOc1ccc(-n2c(COc3ccc(Br)cc3)nnc2S[C@@H](C(=O)Nc2cc(C(F)(F)F)ccc2Cl)c2ccccc2)cc1. The molecule has 232 valence electrons. The molecule has 7 nitrogen and oxygen atoms in total. The van der Waals surface area contributed by atoms with Gasteiger partial charge in [-0.15, -0.1) is 10.2 Å². The molecule has 1 aromatic heterocycles. The first-order valence-corrected chi connectivity index (χ1v) is 15.6. The third kappa shape index (κ3) is 8.19. The number of amides is 1. The largest absolute Gasteiger partial charge is 0.494 e. The van der Waals surface area contributed by atoms with Crippen LogP contribution in [-0.4, -0.2) is 27.3 Å². The summed E-state index contributed by atoms with van der Waals surface area (Å²) in [6, 6.07) is 26.2. The molecular formula is C32H25BrClF3N4O3S. The van der Waals surface area contributed by atoms with E-state index in [1.54, 1.807) is 34.9 Å². The Balaban J connectivity index is 1.50. The topological polar surface area (TPSA) is 78.3 Å². The summed E-state index contributed by atoms with van der Waals surface area (Å²) in [5.41, 5.74) is 0.192. The molecule has 1 N–H and O–H groups in total. The van der Waals surface area contributed by atoms with Crippen molar-refractivity contribution in [3.63, 3.8) is 0 Å². The standard InChI is InChI=1S/C32H25BrClF3N4O3S/c1-2-43-24-15-11-23(12-16-24)41-28(19-44-25-13-9-22(33)10-14-25)39-40-31(41)45-29(20-6-4-3-5-7-20)30(42)38-27-18-21(32(35,36)37)8-17-26(27)34/h3-18,29H,2,19H2,1H3,(H,38,42)/t29-/m1/s1. The van der Waals surface area contributed by atoms with Gasteiger partial charge in [-0.3, -0.25) is 9.36 Å². The number of aromatic nitrogens is 3. The van der Waals surface area contributed by atoms with Crippen molar-refractivity contribution in [2.75, 3.05) is 11.9 Å². The van der Waals surface area contributed by atoms with E-state index in [-0.39, 0.29) is 17.3 Å². The smallest absolute Gasteiger partial charge is 0.416 e. The summed E-state index contributed by atoms with van der Waals surface area (Å²) in [4.78, 5) is 13.8. The lowest BCUT2D eigenvalue weighted by Gasteiger charge is -2.19. The molecule has 0 radical (unpaired) electrons. The fourth-order valence-corrected chi connectivity index (χ4v) is 5.77. The minimum absolute atomic E-state index is 0.0295. The Morgan fingerprint density at radius 3 is 2.29 bits per heavy atom. The highest BCUT2D eigenvalue weighted by molar-refractivity contribution is 9.10. The van der Waals surface area contributed by atoms with Crippen molar-refractivity contribution >= 4 is 50.9 Å². The highest BCUT2D eigenvalue weighted by Gasteiger charge is 2.32. The lowest BCUT2D eigenvalue weighted by atomic mass is 10.1. The molecule has 1 heterocycles. The molecular weight excluding hydrogens is 693 g/mol. The van der Waals surface area contributed by atoms with E-state index in [0.29, 0.717) is 40.3 Å². The lowest BCUT2D eigenvalue weighted by Crippen LogP contribution is -2.20. The molecule has 5 aromatic rings. The number of nitrogens with zero attached hydrogens (tertiary/aromatic N) is 3. The van der Waals surface area contributed by atoms with Crippen LogP contribution < -0.4 is 14.8 Å². The number of thioether (sulfide) groups is 1. The van der Waals surface area contributed by atoms with Gasteiger partial charge < -0.3 is 14.8 Å². The van der Waals surface area contributed by atoms with E-state index >= 15 is 0 Å². The van der Waals surface area contributed by atoms with Gasteiger partial charge in [0.1, 0.15) is 23.4 Å². The van der Waals surface area contributed by atoms with E-state index in [1.165, 1.54) is 0 Å². The van der Waals surface area contributed by atoms with Crippen LogP contribution in [0.5, 0.6) is 11.5 Å². The molecule has 0 aliphatic carbocycles. The Morgan fingerprint density at radius 2 is 1.62 bits per heavy atom. The third-order valence-electron chi connectivity index (χ3n) is 6.40. The van der Waals surface area contributed by atoms with Gasteiger partial charge in [0.2, 0.25) is 5.91 Å². The van der Waals surface area contributed by atoms with Crippen LogP contribution in [0, 0.1) is 0 Å². The highest BCUT2D eigenvalue weighted by atomic mass is 79.9. The summed E-state index contributed by atoms with van der Waals surface area (Å²) < 4.78 is 54.5. The van der Waals surface area contributed by atoms with Crippen LogP contribution >= 0.6 is 39.3 Å². The van der Waals surface area contributed by atoms with Crippen molar-refractivity contribution in [2.24, 2.45) is 0 Å². The van der Waals surface area contributed by atoms with E-state index in [9.17, 15) is 18.0 Å². The summed E-state index contributed by atoms with van der Waals surface area (Å²) in [5.74, 6) is 1.16. The number of hydrogen-bond acceptors (Lipinski definition) is 6. The van der Waals surface area contributed by atoms with Crippen LogP contribution in [0.15, 0.2) is 107 Å². The van der Waals surface area contributed by atoms with Gasteiger partial charge in [-0.05, 0) is 79.2 Å². The van der Waals surface area contributed by atoms with E-state index in [2.05, 4.69) is 31.4 Å². The monoisotopic (exact) mass is 716 g/mol. The molecule has 4 aromatic carbocycles. The molecule has 0 aliphatic rings. The van der Waals surface area contributed by atoms with Gasteiger partial charge in [-0.2, -0.15) is 13.2 Å². The highest BCUT2D eigenvalue weighted by Crippen LogP contribution is 2.39. The normalized spacial score (nSPS) is 12.0. The van der Waals surface area contributed by atoms with Gasteiger partial charge in [0.15, 0.2) is 11.0 Å². The molecule has 0 saturated carbocycles. The molecule has 1 atom stereocenters. The maximum atomic E-state index is 13.8. The number of carbonyl (C=O) groups is 1. The first kappa shape index (κ1) is 32.4. The van der Waals surface area contributed by atoms with Crippen LogP contribution in [0.4, 0.5) is 18.9 Å². The Morgan fingerprint density at radius 1 is 0.956 bits per heavy atom. The second-order valence-electron chi connectivity index (χ2n) is 9.49. The van der Waals surface area contributed by atoms with Crippen molar-refractivity contribution in [1.29, 1.82) is 0 Å². The van der Waals surface area contributed by atoms with E-state index < -0.39 is 22.9 Å². The zero-order valence-electron chi connectivity index (χ0n) is 23.6. The summed E-state index contributed by atoms with van der Waals surface area (Å²) in [7, 11) is 0. The van der Waals surface area contributed by atoms with Crippen LogP contribution in [0.2, 0.25) is 5.02 Å². The quantitative estimate of drug-likeness (QED) is 0.137. The number of anilines is 1. The van der Waals surface area contributed by atoms with Crippen molar-refractivity contribution < 1.29 is 27.4 Å². The van der Waals surface area contributed by atoms with Crippen molar-refractivity contribution in [3.05, 3.63) is 124 Å². The van der Waals surface area contributed by atoms with Gasteiger partial charge in [0, 0.05) is 10.2 Å². The van der Waals surface area contributed by atoms with Crippen molar-refractivity contribution in [3.8, 4) is 17.2 Å². The zero-order chi connectivity index (χ0) is 32.0. The van der Waals surface area contributed by atoms with Crippen LogP contribution in [0.1, 0.15) is 29.1 Å². The summed E-state index contributed by atoms with van der Waals surface area (Å²) in [6.07, 6.45) is -4.61. The van der Waals surface area contributed by atoms with Crippen LogP contribution in [-0.2, 0) is 17.6 Å². The number of nitrogens with one attached hydrogen (secondary N) is 1. The number of rotatable bonds is 11. The number of carbonyl (C=O) groups excluding carboxylic acids is 1. The molecule has 13 heteroatoms. The van der Waals surface area contributed by atoms with Gasteiger partial charge in [-0.1, -0.05) is 69.6 Å². The van der Waals surface area contributed by atoms with E-state index in [0.717, 1.165) is 34.4 Å². The molecule has 0 saturated heterocycles. The average molecular weight is 718 g/mol. The first-order valence-electron chi connectivity index (χ1n) is 13.6. The number of halogens is 5. The maximum Gasteiger partial charge on any atom is 0.416 e. The van der Waals surface area contributed by atoms with Gasteiger partial charge in [0.05, 0.1) is 22.9 Å². The van der Waals surface area contributed by atoms with Crippen LogP contribution in [0.3, 0.4) is 0 Å². The Kier molecular flexibility index (Phi) is 10.4. The fraction of sp³-hybridized carbons (Fsp3) is 0.156. The number of hydrogen-bond donors (Lipinski definition) is 1. The van der Waals surface area contributed by atoms with Gasteiger partial charge >= 0.3 is 6.18 Å². The zero-order valence-corrected chi connectivity index (χ0v) is 26.8. The second kappa shape index (κ2) is 14.4. The Hall–Kier alpha value is -4.00. The molecule has 5 rings (SSSR count). The molecule has 0 unspecified atom stereocenters. The minimum Gasteiger partial charge on any atom is -0.494 e. The van der Waals surface area contributed by atoms with Gasteiger partial charge in [0.25, 0.3) is 0 Å². The summed E-state index contributed by atoms with van der Waals surface area (Å²) >= 11 is 10.7. The maximum absolute atomic E-state index is 13.8. The van der Waals surface area contributed by atoms with E-state index in [1.807, 2.05) is 55.5 Å². The Bertz CT molecular complexity index is 1760. The van der Waals surface area contributed by atoms with Crippen LogP contribution in [0.25, 0.3) is 5.69 Å². The van der Waals surface area contributed by atoms with Crippen molar-refractivity contribution in [2.45, 2.75) is 30.1 Å².